The fourth-order valence-electron chi connectivity index (χ4n) is 3.67. The molecule has 218 valence electrons. The van der Waals surface area contributed by atoms with Crippen LogP contribution in [0.25, 0.3) is 11.1 Å². The van der Waals surface area contributed by atoms with Crippen LogP contribution < -0.4 is 5.32 Å². The van der Waals surface area contributed by atoms with Crippen molar-refractivity contribution in [2.24, 2.45) is 0 Å². The number of hydrogen-bond acceptors (Lipinski definition) is 1. The predicted molar refractivity (Wildman–Crippen MR) is 128 cm³/mol. The first kappa shape index (κ1) is 31.6. The molecule has 3 rings (SSSR count). The Morgan fingerprint density at radius 2 is 1.65 bits per heavy atom. The Morgan fingerprint density at radius 1 is 1.05 bits per heavy atom. The monoisotopic (exact) mass is 622 g/mol. The molecule has 1 amide bonds. The van der Waals surface area contributed by atoms with Crippen LogP contribution in [0.4, 0.5) is 43.9 Å². The normalized spacial score (nSPS) is 15.8. The molecule has 2 aromatic rings. The lowest BCUT2D eigenvalue weighted by molar-refractivity contribution is -0.348. The second-order valence-electron chi connectivity index (χ2n) is 8.75. The minimum atomic E-state index is -6.63. The predicted octanol–water partition coefficient (Wildman–Crippen LogP) is 8.63. The molecule has 1 fully saturated rings. The summed E-state index contributed by atoms with van der Waals surface area (Å²) < 4.78 is 136. The first-order valence-electron chi connectivity index (χ1n) is 11.2. The number of halogens is 12. The van der Waals surface area contributed by atoms with E-state index in [0.717, 1.165) is 25.1 Å². The number of carbonyl (C=O) groups is 1. The highest BCUT2D eigenvalue weighted by molar-refractivity contribution is 6.34. The SMILES string of the molecule is C=C/C(C(=O)NC1CC1)=C(Cl)\C=C/Cn1ccc(-c2c(Cl)cc(C(F)(C(F)(F)F)C(F)(F)F)cc2C(F)(F)F)c1. The number of rotatable bonds is 8. The molecule has 1 aromatic heterocycles. The molecule has 0 radical (unpaired) electrons. The van der Waals surface area contributed by atoms with Crippen LogP contribution in [0.3, 0.4) is 0 Å². The van der Waals surface area contributed by atoms with E-state index in [1.54, 1.807) is 0 Å². The maximum Gasteiger partial charge on any atom is 0.435 e. The zero-order chi connectivity index (χ0) is 30.3. The molecule has 15 heteroatoms. The smallest absolute Gasteiger partial charge is 0.350 e. The van der Waals surface area contributed by atoms with Gasteiger partial charge in [0.15, 0.2) is 0 Å². The van der Waals surface area contributed by atoms with Gasteiger partial charge in [0.05, 0.1) is 16.2 Å². The number of carbonyl (C=O) groups excluding carboxylic acids is 1. The highest BCUT2D eigenvalue weighted by atomic mass is 35.5. The molecular weight excluding hydrogens is 605 g/mol. The molecule has 1 heterocycles. The maximum absolute atomic E-state index is 14.5. The van der Waals surface area contributed by atoms with Crippen molar-refractivity contribution in [3.8, 4) is 11.1 Å². The third kappa shape index (κ3) is 6.51. The zero-order valence-electron chi connectivity index (χ0n) is 19.9. The van der Waals surface area contributed by atoms with Crippen molar-refractivity contribution >= 4 is 29.1 Å². The summed E-state index contributed by atoms with van der Waals surface area (Å²) in [6.45, 7) is 3.49. The van der Waals surface area contributed by atoms with E-state index in [0.29, 0.717) is 0 Å². The van der Waals surface area contributed by atoms with E-state index < -0.39 is 57.9 Å². The summed E-state index contributed by atoms with van der Waals surface area (Å²) in [5, 5.41) is 1.56. The molecule has 0 atom stereocenters. The van der Waals surface area contributed by atoms with Gasteiger partial charge < -0.3 is 9.88 Å². The lowest BCUT2D eigenvalue weighted by atomic mass is 9.89. The van der Waals surface area contributed by atoms with Gasteiger partial charge in [-0.2, -0.15) is 39.5 Å². The van der Waals surface area contributed by atoms with Crippen LogP contribution in [0.1, 0.15) is 24.0 Å². The summed E-state index contributed by atoms with van der Waals surface area (Å²) in [6, 6.07) is 0.460. The Morgan fingerprint density at radius 3 is 2.15 bits per heavy atom. The lowest BCUT2D eigenvalue weighted by Gasteiger charge is -2.31. The Labute approximate surface area is 230 Å². The van der Waals surface area contributed by atoms with E-state index in [1.807, 2.05) is 0 Å². The van der Waals surface area contributed by atoms with Crippen molar-refractivity contribution in [1.82, 2.24) is 9.88 Å². The molecule has 1 aliphatic carbocycles. The Hall–Kier alpha value is -2.93. The van der Waals surface area contributed by atoms with Crippen LogP contribution in [-0.4, -0.2) is 28.9 Å². The molecule has 40 heavy (non-hydrogen) atoms. The topological polar surface area (TPSA) is 34.0 Å². The molecule has 0 bridgehead atoms. The number of benzene rings is 1. The van der Waals surface area contributed by atoms with E-state index in [4.69, 9.17) is 23.2 Å². The van der Waals surface area contributed by atoms with Crippen LogP contribution in [0, 0.1) is 0 Å². The number of amides is 1. The number of nitrogens with one attached hydrogen (secondary N) is 1. The minimum Gasteiger partial charge on any atom is -0.350 e. The summed E-state index contributed by atoms with van der Waals surface area (Å²) in [5.74, 6) is -0.443. The fraction of sp³-hybridized carbons (Fsp3) is 0.320. The van der Waals surface area contributed by atoms with Crippen molar-refractivity contribution in [2.75, 3.05) is 0 Å². The van der Waals surface area contributed by atoms with Gasteiger partial charge in [0.1, 0.15) is 0 Å². The Balaban J connectivity index is 1.97. The van der Waals surface area contributed by atoms with E-state index in [-0.39, 0.29) is 34.8 Å². The van der Waals surface area contributed by atoms with E-state index in [9.17, 15) is 48.7 Å². The van der Waals surface area contributed by atoms with E-state index in [1.165, 1.54) is 29.0 Å². The number of hydrogen-bond donors (Lipinski definition) is 1. The molecule has 0 unspecified atom stereocenters. The van der Waals surface area contributed by atoms with Crippen molar-refractivity contribution in [3.05, 3.63) is 82.2 Å². The largest absolute Gasteiger partial charge is 0.435 e. The van der Waals surface area contributed by atoms with Gasteiger partial charge in [0.2, 0.25) is 0 Å². The van der Waals surface area contributed by atoms with Crippen LogP contribution in [0.15, 0.2) is 66.0 Å². The average Bonchev–Trinajstić information content (AvgIpc) is 3.50. The molecule has 0 saturated heterocycles. The maximum atomic E-state index is 14.5. The summed E-state index contributed by atoms with van der Waals surface area (Å²) in [7, 11) is 0. The molecule has 0 aliphatic heterocycles. The molecule has 1 N–H and O–H groups in total. The van der Waals surface area contributed by atoms with Gasteiger partial charge in [-0.15, -0.1) is 0 Å². The van der Waals surface area contributed by atoms with Gasteiger partial charge in [-0.05, 0) is 37.1 Å². The number of alkyl halides is 10. The van der Waals surface area contributed by atoms with Crippen molar-refractivity contribution in [1.29, 1.82) is 0 Å². The first-order chi connectivity index (χ1) is 18.3. The molecular formula is C25H18Cl2F10N2O. The van der Waals surface area contributed by atoms with Gasteiger partial charge in [-0.1, -0.05) is 41.9 Å². The highest BCUT2D eigenvalue weighted by Crippen LogP contribution is 2.55. The molecule has 1 aromatic carbocycles. The number of aromatic nitrogens is 1. The fourth-order valence-corrected chi connectivity index (χ4v) is 4.25. The third-order valence-electron chi connectivity index (χ3n) is 5.81. The summed E-state index contributed by atoms with van der Waals surface area (Å²) in [6.07, 6.45) is -10.8. The lowest BCUT2D eigenvalue weighted by Crippen LogP contribution is -2.50. The summed E-state index contributed by atoms with van der Waals surface area (Å²) in [4.78, 5) is 12.2. The third-order valence-corrected chi connectivity index (χ3v) is 6.44. The van der Waals surface area contributed by atoms with Gasteiger partial charge in [-0.25, -0.2) is 4.39 Å². The molecule has 1 aliphatic rings. The van der Waals surface area contributed by atoms with Gasteiger partial charge in [-0.3, -0.25) is 4.79 Å². The standard InChI is InChI=1S/C25H18Cl2F10N2O/c1-2-16(21(40)38-15-5-6-15)18(26)4-3-8-39-9-7-13(12-39)20-17(23(29,30)31)10-14(11-19(20)27)22(28,24(32,33)34)25(35,36)37/h2-4,7,9-12,15H,1,5-6,8H2,(H,38,40)/b4-3-,18-16-. The molecule has 3 nitrogen and oxygen atoms in total. The van der Waals surface area contributed by atoms with Crippen LogP contribution in [0.5, 0.6) is 0 Å². The average molecular weight is 623 g/mol. The zero-order valence-corrected chi connectivity index (χ0v) is 21.4. The Bertz CT molecular complexity index is 1330. The molecule has 0 spiro atoms. The van der Waals surface area contributed by atoms with Crippen molar-refractivity contribution in [3.63, 3.8) is 0 Å². The van der Waals surface area contributed by atoms with Crippen LogP contribution in [0.2, 0.25) is 5.02 Å². The minimum absolute atomic E-state index is 0.0163. The van der Waals surface area contributed by atoms with Gasteiger partial charge >= 0.3 is 24.2 Å². The second kappa shape index (κ2) is 11.2. The second-order valence-corrected chi connectivity index (χ2v) is 9.56. The van der Waals surface area contributed by atoms with Crippen molar-refractivity contribution < 1.29 is 48.7 Å². The summed E-state index contributed by atoms with van der Waals surface area (Å²) in [5.41, 5.74) is -11.6. The van der Waals surface area contributed by atoms with Crippen LogP contribution >= 0.6 is 23.2 Å². The highest BCUT2D eigenvalue weighted by Gasteiger charge is 2.73. The van der Waals surface area contributed by atoms with Crippen LogP contribution in [-0.2, 0) is 23.2 Å². The summed E-state index contributed by atoms with van der Waals surface area (Å²) >= 11 is 11.9. The number of allylic oxidation sites excluding steroid dienone is 3. The van der Waals surface area contributed by atoms with Gasteiger partial charge in [0.25, 0.3) is 5.91 Å². The van der Waals surface area contributed by atoms with Crippen molar-refractivity contribution in [2.45, 2.75) is 49.6 Å². The number of nitrogens with zero attached hydrogens (tertiary/aromatic N) is 1. The molecule has 1 saturated carbocycles. The Kier molecular flexibility index (Phi) is 8.81. The quantitative estimate of drug-likeness (QED) is 0.178. The van der Waals surface area contributed by atoms with E-state index in [2.05, 4.69) is 11.9 Å². The first-order valence-corrected chi connectivity index (χ1v) is 12.0. The van der Waals surface area contributed by atoms with E-state index >= 15 is 0 Å². The van der Waals surface area contributed by atoms with Gasteiger partial charge in [0, 0.05) is 46.7 Å².